The highest BCUT2D eigenvalue weighted by Gasteiger charge is 2.23. The quantitative estimate of drug-likeness (QED) is 0.912. The third-order valence-corrected chi connectivity index (χ3v) is 3.65. The number of hydrogen-bond acceptors (Lipinski definition) is 3. The molecule has 5 nitrogen and oxygen atoms in total. The number of benzene rings is 2. The second-order valence-electron chi connectivity index (χ2n) is 5.39. The van der Waals surface area contributed by atoms with E-state index in [2.05, 4.69) is 10.6 Å². The maximum atomic E-state index is 12.3. The smallest absolute Gasteiger partial charge is 0.255 e. The first-order valence-corrected chi connectivity index (χ1v) is 7.61. The highest BCUT2D eigenvalue weighted by atomic mass is 16.5. The van der Waals surface area contributed by atoms with Crippen molar-refractivity contribution in [1.82, 2.24) is 0 Å². The van der Waals surface area contributed by atoms with Gasteiger partial charge < -0.3 is 15.4 Å². The molecule has 3 rings (SSSR count). The van der Waals surface area contributed by atoms with Crippen LogP contribution in [0, 0.1) is 0 Å². The lowest BCUT2D eigenvalue weighted by atomic mass is 10.1. The lowest BCUT2D eigenvalue weighted by Gasteiger charge is -2.11. The molecule has 1 atom stereocenters. The van der Waals surface area contributed by atoms with Crippen molar-refractivity contribution in [2.75, 3.05) is 17.2 Å². The summed E-state index contributed by atoms with van der Waals surface area (Å²) in [6.07, 6.45) is 1.24. The second kappa shape index (κ2) is 7.07. The fourth-order valence-electron chi connectivity index (χ4n) is 2.47. The first-order valence-electron chi connectivity index (χ1n) is 7.61. The van der Waals surface area contributed by atoms with Crippen molar-refractivity contribution in [1.29, 1.82) is 0 Å². The average Bonchev–Trinajstić information content (AvgIpc) is 3.11. The average molecular weight is 310 g/mol. The molecular formula is C18H18N2O3. The predicted molar refractivity (Wildman–Crippen MR) is 88.4 cm³/mol. The van der Waals surface area contributed by atoms with Gasteiger partial charge in [-0.1, -0.05) is 24.3 Å². The van der Waals surface area contributed by atoms with E-state index >= 15 is 0 Å². The molecule has 1 saturated heterocycles. The number of carbonyl (C=O) groups is 2. The third kappa shape index (κ3) is 3.96. The molecule has 23 heavy (non-hydrogen) atoms. The standard InChI is InChI=1S/C18H18N2O3/c21-17(19-14-7-2-1-3-8-14)13-6-4-9-15(12-13)20-18(22)16-10-5-11-23-16/h1-4,6-9,12,16H,5,10-11H2,(H,19,21)(H,20,22)/t16-/m0/s1. The number of anilines is 2. The molecule has 5 heteroatoms. The maximum Gasteiger partial charge on any atom is 0.255 e. The van der Waals surface area contributed by atoms with Crippen LogP contribution in [-0.4, -0.2) is 24.5 Å². The number of hydrogen-bond donors (Lipinski definition) is 2. The molecule has 118 valence electrons. The van der Waals surface area contributed by atoms with Gasteiger partial charge in [-0.05, 0) is 43.2 Å². The van der Waals surface area contributed by atoms with Crippen molar-refractivity contribution >= 4 is 23.2 Å². The summed E-state index contributed by atoms with van der Waals surface area (Å²) < 4.78 is 5.35. The van der Waals surface area contributed by atoms with Gasteiger partial charge in [0.1, 0.15) is 6.10 Å². The van der Waals surface area contributed by atoms with Crippen molar-refractivity contribution in [3.8, 4) is 0 Å². The number of ether oxygens (including phenoxy) is 1. The van der Waals surface area contributed by atoms with E-state index in [4.69, 9.17) is 4.74 Å². The van der Waals surface area contributed by atoms with Crippen LogP contribution in [0.25, 0.3) is 0 Å². The maximum absolute atomic E-state index is 12.3. The number of rotatable bonds is 4. The minimum atomic E-state index is -0.392. The molecule has 0 aromatic heterocycles. The van der Waals surface area contributed by atoms with Crippen LogP contribution in [0.15, 0.2) is 54.6 Å². The van der Waals surface area contributed by atoms with Crippen LogP contribution in [0.3, 0.4) is 0 Å². The Balaban J connectivity index is 1.67. The molecule has 2 N–H and O–H groups in total. The Morgan fingerprint density at radius 3 is 2.48 bits per heavy atom. The Bertz CT molecular complexity index is 694. The van der Waals surface area contributed by atoms with Gasteiger partial charge in [0.25, 0.3) is 11.8 Å². The minimum absolute atomic E-state index is 0.164. The van der Waals surface area contributed by atoms with E-state index in [1.165, 1.54) is 0 Å². The molecule has 2 amide bonds. The van der Waals surface area contributed by atoms with Crippen LogP contribution in [0.1, 0.15) is 23.2 Å². The van der Waals surface area contributed by atoms with Crippen LogP contribution in [0.2, 0.25) is 0 Å². The van der Waals surface area contributed by atoms with Gasteiger partial charge in [-0.25, -0.2) is 0 Å². The fraction of sp³-hybridized carbons (Fsp3) is 0.222. The molecule has 1 heterocycles. The van der Waals surface area contributed by atoms with Gasteiger partial charge in [-0.3, -0.25) is 9.59 Å². The normalized spacial score (nSPS) is 16.8. The van der Waals surface area contributed by atoms with E-state index in [-0.39, 0.29) is 11.8 Å². The summed E-state index contributed by atoms with van der Waals surface area (Å²) >= 11 is 0. The van der Waals surface area contributed by atoms with Crippen LogP contribution in [0.5, 0.6) is 0 Å². The second-order valence-corrected chi connectivity index (χ2v) is 5.39. The van der Waals surface area contributed by atoms with Gasteiger partial charge in [0, 0.05) is 23.5 Å². The lowest BCUT2D eigenvalue weighted by Crippen LogP contribution is -2.27. The number of para-hydroxylation sites is 1. The molecule has 1 aliphatic rings. The van der Waals surface area contributed by atoms with Crippen molar-refractivity contribution in [2.24, 2.45) is 0 Å². The topological polar surface area (TPSA) is 67.4 Å². The van der Waals surface area contributed by atoms with E-state index < -0.39 is 6.10 Å². The van der Waals surface area contributed by atoms with E-state index in [1.807, 2.05) is 30.3 Å². The Morgan fingerprint density at radius 1 is 0.957 bits per heavy atom. The Labute approximate surface area is 134 Å². The van der Waals surface area contributed by atoms with Crippen LogP contribution < -0.4 is 10.6 Å². The van der Waals surface area contributed by atoms with E-state index in [1.54, 1.807) is 24.3 Å². The van der Waals surface area contributed by atoms with Gasteiger partial charge in [-0.15, -0.1) is 0 Å². The zero-order chi connectivity index (χ0) is 16.1. The van der Waals surface area contributed by atoms with Crippen molar-refractivity contribution in [3.05, 3.63) is 60.2 Å². The Hall–Kier alpha value is -2.66. The molecule has 0 spiro atoms. The molecule has 0 radical (unpaired) electrons. The summed E-state index contributed by atoms with van der Waals surface area (Å²) in [5.41, 5.74) is 1.80. The molecule has 0 saturated carbocycles. The fourth-order valence-corrected chi connectivity index (χ4v) is 2.47. The zero-order valence-corrected chi connectivity index (χ0v) is 12.6. The van der Waals surface area contributed by atoms with Crippen LogP contribution in [-0.2, 0) is 9.53 Å². The predicted octanol–water partition coefficient (Wildman–Crippen LogP) is 3.06. The molecule has 1 aliphatic heterocycles. The van der Waals surface area contributed by atoms with Gasteiger partial charge >= 0.3 is 0 Å². The van der Waals surface area contributed by atoms with Gasteiger partial charge in [0.15, 0.2) is 0 Å². The summed E-state index contributed by atoms with van der Waals surface area (Å²) in [4.78, 5) is 24.3. The van der Waals surface area contributed by atoms with Gasteiger partial charge in [0.2, 0.25) is 0 Å². The van der Waals surface area contributed by atoms with Crippen molar-refractivity contribution < 1.29 is 14.3 Å². The number of nitrogens with one attached hydrogen (secondary N) is 2. The minimum Gasteiger partial charge on any atom is -0.368 e. The largest absolute Gasteiger partial charge is 0.368 e. The molecule has 0 unspecified atom stereocenters. The highest BCUT2D eigenvalue weighted by molar-refractivity contribution is 6.05. The summed E-state index contributed by atoms with van der Waals surface area (Å²) in [7, 11) is 0. The Morgan fingerprint density at radius 2 is 1.74 bits per heavy atom. The highest BCUT2D eigenvalue weighted by Crippen LogP contribution is 2.17. The number of amides is 2. The molecule has 0 bridgehead atoms. The first kappa shape index (κ1) is 15.2. The molecule has 1 fully saturated rings. The lowest BCUT2D eigenvalue weighted by molar-refractivity contribution is -0.124. The van der Waals surface area contributed by atoms with Crippen molar-refractivity contribution in [2.45, 2.75) is 18.9 Å². The number of carbonyl (C=O) groups excluding carboxylic acids is 2. The summed E-state index contributed by atoms with van der Waals surface area (Å²) in [5.74, 6) is -0.382. The summed E-state index contributed by atoms with van der Waals surface area (Å²) in [5, 5.41) is 5.62. The van der Waals surface area contributed by atoms with Gasteiger partial charge in [-0.2, -0.15) is 0 Å². The van der Waals surface area contributed by atoms with E-state index in [9.17, 15) is 9.59 Å². The third-order valence-electron chi connectivity index (χ3n) is 3.65. The molecule has 2 aromatic rings. The zero-order valence-electron chi connectivity index (χ0n) is 12.6. The summed E-state index contributed by atoms with van der Waals surface area (Å²) in [6, 6.07) is 16.1. The van der Waals surface area contributed by atoms with E-state index in [0.29, 0.717) is 17.9 Å². The molecule has 2 aromatic carbocycles. The molecule has 0 aliphatic carbocycles. The monoisotopic (exact) mass is 310 g/mol. The Kier molecular flexibility index (Phi) is 4.68. The first-order chi connectivity index (χ1) is 11.2. The molecular weight excluding hydrogens is 292 g/mol. The summed E-state index contributed by atoms with van der Waals surface area (Å²) in [6.45, 7) is 0.623. The SMILES string of the molecule is O=C(Nc1ccccc1)c1cccc(NC(=O)[C@@H]2CCCO2)c1. The van der Waals surface area contributed by atoms with E-state index in [0.717, 1.165) is 18.5 Å². The van der Waals surface area contributed by atoms with Crippen molar-refractivity contribution in [3.63, 3.8) is 0 Å². The van der Waals surface area contributed by atoms with Gasteiger partial charge in [0.05, 0.1) is 0 Å². The van der Waals surface area contributed by atoms with Crippen LogP contribution in [0.4, 0.5) is 11.4 Å². The van der Waals surface area contributed by atoms with Crippen LogP contribution >= 0.6 is 0 Å².